The Labute approximate surface area is 126 Å². The van der Waals surface area contributed by atoms with Crippen LogP contribution in [-0.4, -0.2) is 20.9 Å². The van der Waals surface area contributed by atoms with Crippen LogP contribution in [0.25, 0.3) is 0 Å². The minimum Gasteiger partial charge on any atom is -0.481 e. The number of hydrogen-bond acceptors (Lipinski definition) is 2. The summed E-state index contributed by atoms with van der Waals surface area (Å²) < 4.78 is 2.79. The Bertz CT molecular complexity index is 578. The van der Waals surface area contributed by atoms with Crippen molar-refractivity contribution in [3.05, 3.63) is 52.3 Å². The topological polar surface area (TPSA) is 55.1 Å². The zero-order valence-corrected chi connectivity index (χ0v) is 12.9. The van der Waals surface area contributed by atoms with E-state index in [9.17, 15) is 9.90 Å². The summed E-state index contributed by atoms with van der Waals surface area (Å²) in [7, 11) is 1.87. The van der Waals surface area contributed by atoms with E-state index in [4.69, 9.17) is 0 Å². The van der Waals surface area contributed by atoms with Crippen LogP contribution < -0.4 is 0 Å². The average Bonchev–Trinajstić information content (AvgIpc) is 2.82. The number of carboxylic acid groups (broad SMARTS) is 1. The maximum atomic E-state index is 11.4. The number of nitrogens with zero attached hydrogens (tertiary/aromatic N) is 2. The summed E-state index contributed by atoms with van der Waals surface area (Å²) >= 11 is 3.38. The van der Waals surface area contributed by atoms with E-state index in [0.717, 1.165) is 22.2 Å². The fourth-order valence-corrected chi connectivity index (χ4v) is 2.45. The standard InChI is InChI=1S/C15H17BrN2O2/c1-18-14(8-9-17-18)7-4-12(15(19)20)10-11-2-5-13(16)6-3-11/h2-3,5-6,8-9,12H,4,7,10H2,1H3,(H,19,20). The molecule has 0 amide bonds. The van der Waals surface area contributed by atoms with Crippen LogP contribution in [0.1, 0.15) is 17.7 Å². The largest absolute Gasteiger partial charge is 0.481 e. The molecular formula is C15H17BrN2O2. The Hall–Kier alpha value is -1.62. The van der Waals surface area contributed by atoms with Crippen LogP contribution in [0.4, 0.5) is 0 Å². The predicted octanol–water partition coefficient (Wildman–Crippen LogP) is 3.06. The Morgan fingerprint density at radius 2 is 2.05 bits per heavy atom. The lowest BCUT2D eigenvalue weighted by atomic mass is 9.94. The fourth-order valence-electron chi connectivity index (χ4n) is 2.19. The van der Waals surface area contributed by atoms with E-state index in [0.29, 0.717) is 12.8 Å². The summed E-state index contributed by atoms with van der Waals surface area (Å²) in [5, 5.41) is 13.5. The number of carboxylic acids is 1. The molecule has 0 saturated heterocycles. The van der Waals surface area contributed by atoms with Gasteiger partial charge in [-0.1, -0.05) is 28.1 Å². The first-order chi connectivity index (χ1) is 9.56. The van der Waals surface area contributed by atoms with Gasteiger partial charge < -0.3 is 5.11 Å². The molecule has 106 valence electrons. The maximum absolute atomic E-state index is 11.4. The summed E-state index contributed by atoms with van der Waals surface area (Å²) in [6.07, 6.45) is 3.63. The monoisotopic (exact) mass is 336 g/mol. The number of aryl methyl sites for hydroxylation is 2. The molecule has 0 saturated carbocycles. The van der Waals surface area contributed by atoms with Gasteiger partial charge >= 0.3 is 5.97 Å². The molecule has 0 radical (unpaired) electrons. The molecule has 1 atom stereocenters. The third kappa shape index (κ3) is 3.93. The highest BCUT2D eigenvalue weighted by molar-refractivity contribution is 9.10. The predicted molar refractivity (Wildman–Crippen MR) is 80.5 cm³/mol. The van der Waals surface area contributed by atoms with Crippen LogP contribution in [-0.2, 0) is 24.7 Å². The summed E-state index contributed by atoms with van der Waals surface area (Å²) in [6.45, 7) is 0. The van der Waals surface area contributed by atoms with Crippen LogP contribution in [0.3, 0.4) is 0 Å². The molecule has 1 aromatic heterocycles. The minimum absolute atomic E-state index is 0.369. The normalized spacial score (nSPS) is 12.3. The minimum atomic E-state index is -0.741. The molecule has 20 heavy (non-hydrogen) atoms. The Morgan fingerprint density at radius 3 is 2.60 bits per heavy atom. The molecule has 4 nitrogen and oxygen atoms in total. The van der Waals surface area contributed by atoms with Crippen molar-refractivity contribution in [2.45, 2.75) is 19.3 Å². The highest BCUT2D eigenvalue weighted by Crippen LogP contribution is 2.18. The first-order valence-electron chi connectivity index (χ1n) is 6.50. The Morgan fingerprint density at radius 1 is 1.35 bits per heavy atom. The van der Waals surface area contributed by atoms with Gasteiger partial charge in [0.25, 0.3) is 0 Å². The summed E-state index contributed by atoms with van der Waals surface area (Å²) in [5.41, 5.74) is 2.11. The van der Waals surface area contributed by atoms with Crippen LogP contribution in [0.5, 0.6) is 0 Å². The van der Waals surface area contributed by atoms with Crippen LogP contribution >= 0.6 is 15.9 Å². The number of rotatable bonds is 6. The van der Waals surface area contributed by atoms with E-state index in [1.54, 1.807) is 10.9 Å². The third-order valence-corrected chi connectivity index (χ3v) is 3.94. The van der Waals surface area contributed by atoms with E-state index in [-0.39, 0.29) is 5.92 Å². The molecule has 1 heterocycles. The van der Waals surface area contributed by atoms with Crippen molar-refractivity contribution in [2.24, 2.45) is 13.0 Å². The van der Waals surface area contributed by atoms with Gasteiger partial charge in [0.2, 0.25) is 0 Å². The number of benzene rings is 1. The van der Waals surface area contributed by atoms with Gasteiger partial charge in [-0.3, -0.25) is 9.48 Å². The number of hydrogen-bond donors (Lipinski definition) is 1. The molecule has 0 aliphatic carbocycles. The molecular weight excluding hydrogens is 320 g/mol. The fraction of sp³-hybridized carbons (Fsp3) is 0.333. The zero-order valence-electron chi connectivity index (χ0n) is 11.3. The third-order valence-electron chi connectivity index (χ3n) is 3.42. The second-order valence-corrected chi connectivity index (χ2v) is 5.77. The van der Waals surface area contributed by atoms with Gasteiger partial charge in [0.1, 0.15) is 0 Å². The van der Waals surface area contributed by atoms with Crippen LogP contribution in [0.2, 0.25) is 0 Å². The van der Waals surface area contributed by atoms with Crippen molar-refractivity contribution < 1.29 is 9.90 Å². The molecule has 0 fully saturated rings. The molecule has 5 heteroatoms. The van der Waals surface area contributed by atoms with Gasteiger partial charge in [-0.25, -0.2) is 0 Å². The molecule has 0 bridgehead atoms. The number of aromatic nitrogens is 2. The molecule has 1 N–H and O–H groups in total. The molecule has 1 unspecified atom stereocenters. The number of aliphatic carboxylic acids is 1. The molecule has 2 rings (SSSR count). The molecule has 0 aliphatic rings. The van der Waals surface area contributed by atoms with Gasteiger partial charge in [-0.15, -0.1) is 0 Å². The molecule has 0 aliphatic heterocycles. The van der Waals surface area contributed by atoms with Gasteiger partial charge in [-0.2, -0.15) is 5.10 Å². The SMILES string of the molecule is Cn1nccc1CCC(Cc1ccc(Br)cc1)C(=O)O. The van der Waals surface area contributed by atoms with Crippen LogP contribution in [0.15, 0.2) is 41.0 Å². The van der Waals surface area contributed by atoms with E-state index in [1.165, 1.54) is 0 Å². The first kappa shape index (κ1) is 14.8. The average molecular weight is 337 g/mol. The highest BCUT2D eigenvalue weighted by Gasteiger charge is 2.18. The van der Waals surface area contributed by atoms with Crippen molar-refractivity contribution >= 4 is 21.9 Å². The van der Waals surface area contributed by atoms with Crippen molar-refractivity contribution in [1.29, 1.82) is 0 Å². The van der Waals surface area contributed by atoms with Crippen molar-refractivity contribution in [1.82, 2.24) is 9.78 Å². The van der Waals surface area contributed by atoms with Crippen molar-refractivity contribution in [3.63, 3.8) is 0 Å². The van der Waals surface area contributed by atoms with Crippen LogP contribution in [0, 0.1) is 5.92 Å². The Balaban J connectivity index is 1.99. The number of halogens is 1. The van der Waals surface area contributed by atoms with Gasteiger partial charge in [0, 0.05) is 23.4 Å². The van der Waals surface area contributed by atoms with Crippen molar-refractivity contribution in [2.75, 3.05) is 0 Å². The lowest BCUT2D eigenvalue weighted by molar-refractivity contribution is -0.141. The second kappa shape index (κ2) is 6.70. The van der Waals surface area contributed by atoms with E-state index in [1.807, 2.05) is 37.4 Å². The first-order valence-corrected chi connectivity index (χ1v) is 7.29. The van der Waals surface area contributed by atoms with Gasteiger partial charge in [-0.05, 0) is 43.0 Å². The Kier molecular flexibility index (Phi) is 4.95. The molecule has 0 spiro atoms. The zero-order chi connectivity index (χ0) is 14.5. The molecule has 2 aromatic rings. The maximum Gasteiger partial charge on any atom is 0.306 e. The van der Waals surface area contributed by atoms with Crippen molar-refractivity contribution in [3.8, 4) is 0 Å². The molecule has 1 aromatic carbocycles. The van der Waals surface area contributed by atoms with Gasteiger partial charge in [0.05, 0.1) is 5.92 Å². The second-order valence-electron chi connectivity index (χ2n) is 4.85. The number of carbonyl (C=O) groups is 1. The van der Waals surface area contributed by atoms with E-state index >= 15 is 0 Å². The highest BCUT2D eigenvalue weighted by atomic mass is 79.9. The van der Waals surface area contributed by atoms with E-state index < -0.39 is 5.97 Å². The summed E-state index contributed by atoms with van der Waals surface area (Å²) in [6, 6.07) is 9.73. The van der Waals surface area contributed by atoms with Gasteiger partial charge in [0.15, 0.2) is 0 Å². The summed E-state index contributed by atoms with van der Waals surface area (Å²) in [4.78, 5) is 11.4. The lowest BCUT2D eigenvalue weighted by Crippen LogP contribution is -2.18. The smallest absolute Gasteiger partial charge is 0.306 e. The van der Waals surface area contributed by atoms with E-state index in [2.05, 4.69) is 21.0 Å². The lowest BCUT2D eigenvalue weighted by Gasteiger charge is -2.12. The quantitative estimate of drug-likeness (QED) is 0.881. The summed E-state index contributed by atoms with van der Waals surface area (Å²) in [5.74, 6) is -1.11.